The van der Waals surface area contributed by atoms with E-state index < -0.39 is 0 Å². The molecule has 0 spiro atoms. The van der Waals surface area contributed by atoms with Gasteiger partial charge in [0.1, 0.15) is 0 Å². The smallest absolute Gasteiger partial charge is 0.0133 e. The maximum absolute atomic E-state index is 3.55. The first-order chi connectivity index (χ1) is 8.26. The van der Waals surface area contributed by atoms with Crippen LogP contribution in [0.3, 0.4) is 0 Å². The molecular weight excluding hydrogens is 321 g/mol. The van der Waals surface area contributed by atoms with Crippen molar-refractivity contribution >= 4 is 22.6 Å². The summed E-state index contributed by atoms with van der Waals surface area (Å²) in [6.07, 6.45) is 5.66. The summed E-state index contributed by atoms with van der Waals surface area (Å²) < 4.78 is 1.33. The maximum atomic E-state index is 3.55. The van der Waals surface area contributed by atoms with E-state index in [-0.39, 0.29) is 0 Å². The number of nitrogens with one attached hydrogen (secondary N) is 1. The summed E-state index contributed by atoms with van der Waals surface area (Å²) in [7, 11) is 2.13. The van der Waals surface area contributed by atoms with Gasteiger partial charge in [0.2, 0.25) is 0 Å². The van der Waals surface area contributed by atoms with Gasteiger partial charge in [-0.05, 0) is 90.8 Å². The number of likely N-dealkylation sites (N-methyl/N-ethyl adjacent to an activating group) is 1. The molecule has 1 aromatic carbocycles. The minimum Gasteiger partial charge on any atom is -0.316 e. The van der Waals surface area contributed by atoms with Crippen LogP contribution in [0.4, 0.5) is 0 Å². The van der Waals surface area contributed by atoms with Crippen LogP contribution in [-0.2, 0) is 6.42 Å². The Morgan fingerprint density at radius 2 is 1.82 bits per heavy atom. The van der Waals surface area contributed by atoms with Gasteiger partial charge in [0.25, 0.3) is 0 Å². The van der Waals surface area contributed by atoms with Gasteiger partial charge in [-0.3, -0.25) is 0 Å². The summed E-state index contributed by atoms with van der Waals surface area (Å²) in [6.45, 7) is 0. The molecule has 0 aromatic heterocycles. The predicted molar refractivity (Wildman–Crippen MR) is 80.0 cm³/mol. The minimum atomic E-state index is 0.683. The van der Waals surface area contributed by atoms with Gasteiger partial charge in [-0.1, -0.05) is 12.1 Å². The first-order valence-corrected chi connectivity index (χ1v) is 7.76. The van der Waals surface area contributed by atoms with Crippen LogP contribution in [0.25, 0.3) is 0 Å². The highest BCUT2D eigenvalue weighted by atomic mass is 127. The lowest BCUT2D eigenvalue weighted by molar-refractivity contribution is 0.349. The molecule has 1 N–H and O–H groups in total. The van der Waals surface area contributed by atoms with Gasteiger partial charge in [-0.15, -0.1) is 0 Å². The molecule has 2 saturated carbocycles. The SMILES string of the molecule is CNC(Cc1ccc(I)cc1)C1CC2CC2C1. The van der Waals surface area contributed by atoms with Crippen molar-refractivity contribution in [3.05, 3.63) is 33.4 Å². The van der Waals surface area contributed by atoms with Crippen LogP contribution in [0.15, 0.2) is 24.3 Å². The summed E-state index contributed by atoms with van der Waals surface area (Å²) >= 11 is 2.37. The van der Waals surface area contributed by atoms with Crippen LogP contribution in [-0.4, -0.2) is 13.1 Å². The van der Waals surface area contributed by atoms with Gasteiger partial charge in [-0.2, -0.15) is 0 Å². The topological polar surface area (TPSA) is 12.0 Å². The fourth-order valence-corrected chi connectivity index (χ4v) is 3.83. The summed E-state index contributed by atoms with van der Waals surface area (Å²) in [4.78, 5) is 0. The fraction of sp³-hybridized carbons (Fsp3) is 0.600. The molecule has 2 heteroatoms. The van der Waals surface area contributed by atoms with Crippen LogP contribution >= 0.6 is 22.6 Å². The summed E-state index contributed by atoms with van der Waals surface area (Å²) in [5, 5.41) is 3.55. The van der Waals surface area contributed by atoms with Gasteiger partial charge in [0.05, 0.1) is 0 Å². The normalized spacial score (nSPS) is 32.2. The summed E-state index contributed by atoms with van der Waals surface area (Å²) in [5.74, 6) is 3.10. The van der Waals surface area contributed by atoms with E-state index in [1.165, 1.54) is 34.8 Å². The van der Waals surface area contributed by atoms with E-state index in [1.807, 2.05) is 0 Å². The van der Waals surface area contributed by atoms with Crippen molar-refractivity contribution in [3.8, 4) is 0 Å². The number of hydrogen-bond acceptors (Lipinski definition) is 1. The van der Waals surface area contributed by atoms with E-state index >= 15 is 0 Å². The van der Waals surface area contributed by atoms with Crippen molar-refractivity contribution in [2.75, 3.05) is 7.05 Å². The molecule has 3 atom stereocenters. The number of hydrogen-bond donors (Lipinski definition) is 1. The molecular formula is C15H20IN. The summed E-state index contributed by atoms with van der Waals surface area (Å²) in [5.41, 5.74) is 1.48. The number of halogens is 1. The van der Waals surface area contributed by atoms with Crippen molar-refractivity contribution in [1.29, 1.82) is 0 Å². The molecule has 2 fully saturated rings. The number of benzene rings is 1. The van der Waals surface area contributed by atoms with Crippen LogP contribution in [0.1, 0.15) is 24.8 Å². The Morgan fingerprint density at radius 1 is 1.18 bits per heavy atom. The first-order valence-electron chi connectivity index (χ1n) is 6.68. The zero-order chi connectivity index (χ0) is 11.8. The Balaban J connectivity index is 1.63. The van der Waals surface area contributed by atoms with Gasteiger partial charge in [0, 0.05) is 9.61 Å². The van der Waals surface area contributed by atoms with Crippen molar-refractivity contribution in [2.24, 2.45) is 17.8 Å². The zero-order valence-electron chi connectivity index (χ0n) is 10.3. The molecule has 0 bridgehead atoms. The Kier molecular flexibility index (Phi) is 3.44. The van der Waals surface area contributed by atoms with Crippen molar-refractivity contribution in [3.63, 3.8) is 0 Å². The molecule has 0 heterocycles. The van der Waals surface area contributed by atoms with Crippen LogP contribution in [0.5, 0.6) is 0 Å². The predicted octanol–water partition coefficient (Wildman–Crippen LogP) is 3.47. The maximum Gasteiger partial charge on any atom is 0.0133 e. The quantitative estimate of drug-likeness (QED) is 0.827. The molecule has 0 amide bonds. The van der Waals surface area contributed by atoms with E-state index in [1.54, 1.807) is 0 Å². The Labute approximate surface area is 118 Å². The molecule has 0 saturated heterocycles. The van der Waals surface area contributed by atoms with Gasteiger partial charge < -0.3 is 5.32 Å². The average molecular weight is 341 g/mol. The fourth-order valence-electron chi connectivity index (χ4n) is 3.47. The van der Waals surface area contributed by atoms with E-state index in [4.69, 9.17) is 0 Å². The molecule has 92 valence electrons. The third-order valence-corrected chi connectivity index (χ3v) is 5.31. The standard InChI is InChI=1S/C15H20IN/c1-17-15(13-8-11-7-12(11)9-13)6-10-2-4-14(16)5-3-10/h2-5,11-13,15,17H,6-9H2,1H3. The molecule has 2 aliphatic carbocycles. The second-order valence-electron chi connectivity index (χ2n) is 5.71. The molecule has 0 aliphatic heterocycles. The third-order valence-electron chi connectivity index (χ3n) is 4.59. The number of fused-ring (bicyclic) bond motifs is 1. The summed E-state index contributed by atoms with van der Waals surface area (Å²) in [6, 6.07) is 9.68. The van der Waals surface area contributed by atoms with E-state index in [0.29, 0.717) is 6.04 Å². The highest BCUT2D eigenvalue weighted by Crippen LogP contribution is 2.55. The molecule has 3 unspecified atom stereocenters. The van der Waals surface area contributed by atoms with Crippen LogP contribution in [0.2, 0.25) is 0 Å². The average Bonchev–Trinajstić information content (AvgIpc) is 2.95. The third kappa shape index (κ3) is 2.68. The van der Waals surface area contributed by atoms with Crippen molar-refractivity contribution in [2.45, 2.75) is 31.7 Å². The monoisotopic (exact) mass is 341 g/mol. The lowest BCUT2D eigenvalue weighted by Crippen LogP contribution is -2.35. The Hall–Kier alpha value is -0.0900. The van der Waals surface area contributed by atoms with Crippen LogP contribution < -0.4 is 5.32 Å². The van der Waals surface area contributed by atoms with Crippen LogP contribution in [0, 0.1) is 21.3 Å². The molecule has 3 rings (SSSR count). The van der Waals surface area contributed by atoms with E-state index in [9.17, 15) is 0 Å². The van der Waals surface area contributed by atoms with E-state index in [0.717, 1.165) is 17.8 Å². The molecule has 2 aliphatic rings. The Morgan fingerprint density at radius 3 is 2.41 bits per heavy atom. The van der Waals surface area contributed by atoms with Crippen molar-refractivity contribution in [1.82, 2.24) is 5.32 Å². The van der Waals surface area contributed by atoms with Gasteiger partial charge in [0.15, 0.2) is 0 Å². The second-order valence-corrected chi connectivity index (χ2v) is 6.96. The molecule has 17 heavy (non-hydrogen) atoms. The van der Waals surface area contributed by atoms with Crippen molar-refractivity contribution < 1.29 is 0 Å². The van der Waals surface area contributed by atoms with E-state index in [2.05, 4.69) is 59.2 Å². The molecule has 1 aromatic rings. The van der Waals surface area contributed by atoms with Gasteiger partial charge >= 0.3 is 0 Å². The minimum absolute atomic E-state index is 0.683. The highest BCUT2D eigenvalue weighted by molar-refractivity contribution is 14.1. The largest absolute Gasteiger partial charge is 0.316 e. The number of rotatable bonds is 4. The second kappa shape index (κ2) is 4.88. The lowest BCUT2D eigenvalue weighted by atomic mass is 9.90. The Bertz CT molecular complexity index is 376. The van der Waals surface area contributed by atoms with Gasteiger partial charge in [-0.25, -0.2) is 0 Å². The zero-order valence-corrected chi connectivity index (χ0v) is 12.5. The lowest BCUT2D eigenvalue weighted by Gasteiger charge is -2.24. The molecule has 1 nitrogen and oxygen atoms in total. The molecule has 0 radical (unpaired) electrons. The first kappa shape index (κ1) is 12.0. The highest BCUT2D eigenvalue weighted by Gasteiger charge is 2.47.